The third-order valence-corrected chi connectivity index (χ3v) is 5.81. The van der Waals surface area contributed by atoms with E-state index in [9.17, 15) is 19.5 Å². The molecule has 1 N–H and O–H groups in total. The molecular formula is C29H28N2O6. The van der Waals surface area contributed by atoms with Gasteiger partial charge in [-0.2, -0.15) is 0 Å². The van der Waals surface area contributed by atoms with E-state index in [1.807, 2.05) is 20.8 Å². The molecule has 0 bridgehead atoms. The smallest absolute Gasteiger partial charge is 0.338 e. The number of aliphatic hydroxyl groups is 1. The van der Waals surface area contributed by atoms with Crippen molar-refractivity contribution in [2.24, 2.45) is 5.92 Å². The number of anilines is 1. The minimum absolute atomic E-state index is 0.0532. The van der Waals surface area contributed by atoms with Gasteiger partial charge in [-0.25, -0.2) is 4.79 Å². The number of hydrogen-bond acceptors (Lipinski definition) is 7. The molecule has 1 aliphatic heterocycles. The molecule has 1 fully saturated rings. The van der Waals surface area contributed by atoms with Crippen LogP contribution in [0.1, 0.15) is 48.3 Å². The Hall–Kier alpha value is -4.46. The first-order chi connectivity index (χ1) is 17.8. The number of ketones is 1. The molecule has 1 aliphatic rings. The number of aromatic nitrogens is 1. The van der Waals surface area contributed by atoms with E-state index in [4.69, 9.17) is 9.47 Å². The van der Waals surface area contributed by atoms with Crippen molar-refractivity contribution in [1.29, 1.82) is 0 Å². The lowest BCUT2D eigenvalue weighted by molar-refractivity contribution is -0.132. The zero-order valence-electron chi connectivity index (χ0n) is 20.9. The second-order valence-corrected chi connectivity index (χ2v) is 8.95. The van der Waals surface area contributed by atoms with Crippen LogP contribution >= 0.6 is 0 Å². The maximum Gasteiger partial charge on any atom is 0.338 e. The number of benzene rings is 2. The predicted octanol–water partition coefficient (Wildman–Crippen LogP) is 4.92. The Bertz CT molecular complexity index is 1310. The molecule has 2 aromatic carbocycles. The Morgan fingerprint density at radius 2 is 1.70 bits per heavy atom. The van der Waals surface area contributed by atoms with Crippen molar-refractivity contribution < 1.29 is 29.0 Å². The molecule has 4 rings (SSSR count). The van der Waals surface area contributed by atoms with Gasteiger partial charge in [0.25, 0.3) is 11.7 Å². The molecule has 0 aliphatic carbocycles. The SMILES string of the molecule is CCOc1ccc(/C(O)=C2\C(=O)C(=O)N(c3ccc(C(=O)OCC(C)C)cc3)C2c2cccnc2)cc1. The number of ether oxygens (including phenoxy) is 2. The molecule has 0 spiro atoms. The summed E-state index contributed by atoms with van der Waals surface area (Å²) >= 11 is 0. The molecule has 190 valence electrons. The van der Waals surface area contributed by atoms with E-state index in [2.05, 4.69) is 4.98 Å². The number of amides is 1. The van der Waals surface area contributed by atoms with Gasteiger partial charge < -0.3 is 14.6 Å². The Morgan fingerprint density at radius 1 is 1.03 bits per heavy atom. The van der Waals surface area contributed by atoms with Gasteiger partial charge >= 0.3 is 5.97 Å². The van der Waals surface area contributed by atoms with Crippen LogP contribution in [0.15, 0.2) is 78.6 Å². The summed E-state index contributed by atoms with van der Waals surface area (Å²) in [6.45, 7) is 6.54. The van der Waals surface area contributed by atoms with E-state index >= 15 is 0 Å². The van der Waals surface area contributed by atoms with Crippen LogP contribution in [-0.2, 0) is 14.3 Å². The van der Waals surface area contributed by atoms with Gasteiger partial charge in [0.1, 0.15) is 11.5 Å². The van der Waals surface area contributed by atoms with Gasteiger partial charge in [-0.15, -0.1) is 0 Å². The summed E-state index contributed by atoms with van der Waals surface area (Å²) in [4.78, 5) is 44.3. The molecule has 1 unspecified atom stereocenters. The van der Waals surface area contributed by atoms with E-state index in [1.165, 1.54) is 4.90 Å². The van der Waals surface area contributed by atoms with E-state index in [1.54, 1.807) is 73.1 Å². The molecule has 0 saturated carbocycles. The summed E-state index contributed by atoms with van der Waals surface area (Å²) in [7, 11) is 0. The highest BCUT2D eigenvalue weighted by Gasteiger charge is 2.47. The summed E-state index contributed by atoms with van der Waals surface area (Å²) in [5, 5.41) is 11.2. The molecule has 37 heavy (non-hydrogen) atoms. The van der Waals surface area contributed by atoms with E-state index in [0.29, 0.717) is 41.3 Å². The number of rotatable bonds is 8. The number of carbonyl (C=O) groups excluding carboxylic acids is 3. The molecule has 2 heterocycles. The highest BCUT2D eigenvalue weighted by atomic mass is 16.5. The summed E-state index contributed by atoms with van der Waals surface area (Å²) < 4.78 is 10.7. The van der Waals surface area contributed by atoms with Crippen LogP contribution in [0.2, 0.25) is 0 Å². The Labute approximate surface area is 215 Å². The second-order valence-electron chi connectivity index (χ2n) is 8.95. The van der Waals surface area contributed by atoms with Crippen LogP contribution in [0.25, 0.3) is 5.76 Å². The minimum atomic E-state index is -0.918. The zero-order chi connectivity index (χ0) is 26.5. The van der Waals surface area contributed by atoms with Crippen LogP contribution in [0.4, 0.5) is 5.69 Å². The van der Waals surface area contributed by atoms with Gasteiger partial charge in [-0.3, -0.25) is 19.5 Å². The average Bonchev–Trinajstić information content (AvgIpc) is 3.18. The van der Waals surface area contributed by atoms with Crippen molar-refractivity contribution in [3.05, 3.63) is 95.3 Å². The molecule has 1 saturated heterocycles. The number of hydrogen-bond donors (Lipinski definition) is 1. The van der Waals surface area contributed by atoms with Gasteiger partial charge in [0, 0.05) is 23.6 Å². The van der Waals surface area contributed by atoms with Crippen molar-refractivity contribution in [3.63, 3.8) is 0 Å². The third kappa shape index (κ3) is 5.38. The first-order valence-electron chi connectivity index (χ1n) is 12.0. The van der Waals surface area contributed by atoms with Crippen molar-refractivity contribution in [1.82, 2.24) is 4.98 Å². The Kier molecular flexibility index (Phi) is 7.67. The molecule has 3 aromatic rings. The van der Waals surface area contributed by atoms with E-state index in [0.717, 1.165) is 0 Å². The van der Waals surface area contributed by atoms with E-state index < -0.39 is 23.7 Å². The quantitative estimate of drug-likeness (QED) is 0.203. The fourth-order valence-corrected chi connectivity index (χ4v) is 4.07. The highest BCUT2D eigenvalue weighted by Crippen LogP contribution is 2.42. The Balaban J connectivity index is 1.75. The molecule has 8 nitrogen and oxygen atoms in total. The van der Waals surface area contributed by atoms with Crippen LogP contribution in [-0.4, -0.2) is 41.0 Å². The minimum Gasteiger partial charge on any atom is -0.507 e. The van der Waals surface area contributed by atoms with Crippen LogP contribution in [0.5, 0.6) is 5.75 Å². The lowest BCUT2D eigenvalue weighted by Crippen LogP contribution is -2.29. The fourth-order valence-electron chi connectivity index (χ4n) is 4.07. The highest BCUT2D eigenvalue weighted by molar-refractivity contribution is 6.51. The predicted molar refractivity (Wildman–Crippen MR) is 138 cm³/mol. The third-order valence-electron chi connectivity index (χ3n) is 5.81. The summed E-state index contributed by atoms with van der Waals surface area (Å²) in [6.07, 6.45) is 3.13. The van der Waals surface area contributed by atoms with Crippen LogP contribution < -0.4 is 9.64 Å². The second kappa shape index (κ2) is 11.1. The number of nitrogens with zero attached hydrogens (tertiary/aromatic N) is 2. The molecule has 1 amide bonds. The maximum atomic E-state index is 13.3. The number of pyridine rings is 1. The normalized spacial score (nSPS) is 16.8. The van der Waals surface area contributed by atoms with Gasteiger partial charge in [-0.05, 0) is 73.0 Å². The fraction of sp³-hybridized carbons (Fsp3) is 0.241. The van der Waals surface area contributed by atoms with Gasteiger partial charge in [0.05, 0.1) is 30.4 Å². The zero-order valence-corrected chi connectivity index (χ0v) is 20.9. The lowest BCUT2D eigenvalue weighted by Gasteiger charge is -2.25. The largest absolute Gasteiger partial charge is 0.507 e. The first kappa shape index (κ1) is 25.6. The average molecular weight is 501 g/mol. The standard InChI is InChI=1S/C29H28N2O6/c1-4-36-23-13-9-19(10-14-23)26(32)24-25(21-6-5-15-30-16-21)31(28(34)27(24)33)22-11-7-20(8-12-22)29(35)37-17-18(2)3/h5-16,18,25,32H,4,17H2,1-3H3/b26-24+. The van der Waals surface area contributed by atoms with Crippen molar-refractivity contribution in [3.8, 4) is 5.75 Å². The van der Waals surface area contributed by atoms with Gasteiger partial charge in [-0.1, -0.05) is 19.9 Å². The van der Waals surface area contributed by atoms with Crippen molar-refractivity contribution >= 4 is 29.1 Å². The molecule has 0 radical (unpaired) electrons. The topological polar surface area (TPSA) is 106 Å². The van der Waals surface area contributed by atoms with E-state index in [-0.39, 0.29) is 17.3 Å². The van der Waals surface area contributed by atoms with Gasteiger partial charge in [0.2, 0.25) is 0 Å². The van der Waals surface area contributed by atoms with Crippen molar-refractivity contribution in [2.45, 2.75) is 26.8 Å². The van der Waals surface area contributed by atoms with Crippen LogP contribution in [0, 0.1) is 5.92 Å². The summed E-state index contributed by atoms with van der Waals surface area (Å²) in [6, 6.07) is 15.4. The monoisotopic (exact) mass is 500 g/mol. The van der Waals surface area contributed by atoms with Gasteiger partial charge in [0.15, 0.2) is 0 Å². The lowest BCUT2D eigenvalue weighted by atomic mass is 9.96. The number of aliphatic hydroxyl groups excluding tert-OH is 1. The number of carbonyl (C=O) groups is 3. The number of esters is 1. The first-order valence-corrected chi connectivity index (χ1v) is 12.0. The molecular weight excluding hydrogens is 472 g/mol. The molecule has 1 atom stereocenters. The maximum absolute atomic E-state index is 13.3. The summed E-state index contributed by atoms with van der Waals surface area (Å²) in [5.74, 6) is -1.56. The number of Topliss-reactive ketones (excluding diaryl/α,β-unsaturated/α-hetero) is 1. The molecule has 1 aromatic heterocycles. The Morgan fingerprint density at radius 3 is 2.30 bits per heavy atom. The van der Waals surface area contributed by atoms with Crippen molar-refractivity contribution in [2.75, 3.05) is 18.1 Å². The summed E-state index contributed by atoms with van der Waals surface area (Å²) in [5.41, 5.74) is 1.59. The van der Waals surface area contributed by atoms with Crippen LogP contribution in [0.3, 0.4) is 0 Å². The molecule has 8 heteroatoms.